The molecular weight excluding hydrogens is 292 g/mol. The molecule has 2 N–H and O–H groups in total. The zero-order valence-electron chi connectivity index (χ0n) is 13.6. The fourth-order valence-electron chi connectivity index (χ4n) is 3.25. The molecule has 0 spiro atoms. The maximum Gasteiger partial charge on any atom is 0.319 e. The molecule has 23 heavy (non-hydrogen) atoms. The number of para-hydroxylation sites is 2. The lowest BCUT2D eigenvalue weighted by Crippen LogP contribution is -2.39. The summed E-state index contributed by atoms with van der Waals surface area (Å²) in [6.45, 7) is 1.35. The standard InChI is InChI=1S/C18H26N2O3/c21-18(19-14-7-2-1-3-8-14)20-16-10-4-5-11-17(16)23-13-15-9-6-12-22-15/h4-5,10-11,14-15H,1-3,6-9,12-13H2,(H2,19,20,21). The molecule has 1 saturated carbocycles. The highest BCUT2D eigenvalue weighted by molar-refractivity contribution is 5.91. The van der Waals surface area contributed by atoms with Crippen LogP contribution in [0.5, 0.6) is 5.75 Å². The van der Waals surface area contributed by atoms with Gasteiger partial charge in [0.05, 0.1) is 11.8 Å². The fraction of sp³-hybridized carbons (Fsp3) is 0.611. The van der Waals surface area contributed by atoms with Crippen molar-refractivity contribution in [2.75, 3.05) is 18.5 Å². The molecule has 1 atom stereocenters. The van der Waals surface area contributed by atoms with E-state index in [1.165, 1.54) is 19.3 Å². The van der Waals surface area contributed by atoms with Gasteiger partial charge in [-0.3, -0.25) is 0 Å². The number of nitrogens with one attached hydrogen (secondary N) is 2. The second-order valence-electron chi connectivity index (χ2n) is 6.38. The van der Waals surface area contributed by atoms with E-state index in [1.54, 1.807) is 0 Å². The summed E-state index contributed by atoms with van der Waals surface area (Å²) in [6.07, 6.45) is 8.13. The van der Waals surface area contributed by atoms with Gasteiger partial charge in [0.25, 0.3) is 0 Å². The van der Waals surface area contributed by atoms with Crippen LogP contribution in [-0.4, -0.2) is 31.4 Å². The van der Waals surface area contributed by atoms with E-state index < -0.39 is 0 Å². The number of anilines is 1. The molecule has 1 aromatic carbocycles. The van der Waals surface area contributed by atoms with Gasteiger partial charge in [0.1, 0.15) is 12.4 Å². The summed E-state index contributed by atoms with van der Waals surface area (Å²) in [5.74, 6) is 0.696. The molecular formula is C18H26N2O3. The number of amides is 2. The second-order valence-corrected chi connectivity index (χ2v) is 6.38. The molecule has 2 amide bonds. The van der Waals surface area contributed by atoms with Crippen LogP contribution in [0.2, 0.25) is 0 Å². The van der Waals surface area contributed by atoms with Crippen molar-refractivity contribution in [2.24, 2.45) is 0 Å². The molecule has 126 valence electrons. The van der Waals surface area contributed by atoms with E-state index in [0.29, 0.717) is 24.1 Å². The van der Waals surface area contributed by atoms with Crippen molar-refractivity contribution >= 4 is 11.7 Å². The van der Waals surface area contributed by atoms with Gasteiger partial charge in [0.15, 0.2) is 0 Å². The Hall–Kier alpha value is -1.75. The predicted molar refractivity (Wildman–Crippen MR) is 89.9 cm³/mol. The van der Waals surface area contributed by atoms with Gasteiger partial charge in [0.2, 0.25) is 0 Å². The highest BCUT2D eigenvalue weighted by Crippen LogP contribution is 2.25. The largest absolute Gasteiger partial charge is 0.489 e. The van der Waals surface area contributed by atoms with Gasteiger partial charge in [0, 0.05) is 12.6 Å². The predicted octanol–water partition coefficient (Wildman–Crippen LogP) is 3.70. The molecule has 2 fully saturated rings. The van der Waals surface area contributed by atoms with Crippen LogP contribution in [0, 0.1) is 0 Å². The van der Waals surface area contributed by atoms with E-state index in [0.717, 1.165) is 32.3 Å². The van der Waals surface area contributed by atoms with E-state index in [1.807, 2.05) is 24.3 Å². The van der Waals surface area contributed by atoms with E-state index in [2.05, 4.69) is 10.6 Å². The van der Waals surface area contributed by atoms with Gasteiger partial charge in [-0.15, -0.1) is 0 Å². The van der Waals surface area contributed by atoms with Crippen molar-refractivity contribution in [3.05, 3.63) is 24.3 Å². The van der Waals surface area contributed by atoms with Crippen LogP contribution >= 0.6 is 0 Å². The third-order valence-corrected chi connectivity index (χ3v) is 4.52. The minimum atomic E-state index is -0.148. The molecule has 1 heterocycles. The molecule has 5 nitrogen and oxygen atoms in total. The summed E-state index contributed by atoms with van der Waals surface area (Å²) in [4.78, 5) is 12.2. The first kappa shape index (κ1) is 16.1. The minimum absolute atomic E-state index is 0.148. The van der Waals surface area contributed by atoms with Gasteiger partial charge in [-0.05, 0) is 37.8 Å². The van der Waals surface area contributed by atoms with Gasteiger partial charge in [-0.2, -0.15) is 0 Å². The van der Waals surface area contributed by atoms with Gasteiger partial charge >= 0.3 is 6.03 Å². The van der Waals surface area contributed by atoms with Crippen molar-refractivity contribution in [1.29, 1.82) is 0 Å². The van der Waals surface area contributed by atoms with Crippen molar-refractivity contribution in [3.8, 4) is 5.75 Å². The Morgan fingerprint density at radius 1 is 1.13 bits per heavy atom. The third-order valence-electron chi connectivity index (χ3n) is 4.52. The first-order valence-electron chi connectivity index (χ1n) is 8.72. The van der Waals surface area contributed by atoms with Crippen LogP contribution in [0.3, 0.4) is 0 Å². The van der Waals surface area contributed by atoms with Crippen molar-refractivity contribution in [2.45, 2.75) is 57.1 Å². The molecule has 1 aliphatic carbocycles. The number of ether oxygens (including phenoxy) is 2. The van der Waals surface area contributed by atoms with Crippen LogP contribution in [0.1, 0.15) is 44.9 Å². The molecule has 5 heteroatoms. The Morgan fingerprint density at radius 3 is 2.74 bits per heavy atom. The quantitative estimate of drug-likeness (QED) is 0.870. The molecule has 0 radical (unpaired) electrons. The lowest BCUT2D eigenvalue weighted by atomic mass is 9.96. The Bertz CT molecular complexity index is 509. The summed E-state index contributed by atoms with van der Waals surface area (Å²) in [7, 11) is 0. The number of hydrogen-bond acceptors (Lipinski definition) is 3. The minimum Gasteiger partial charge on any atom is -0.489 e. The summed E-state index contributed by atoms with van der Waals surface area (Å²) in [6, 6.07) is 7.70. The van der Waals surface area contributed by atoms with Crippen molar-refractivity contribution < 1.29 is 14.3 Å². The smallest absolute Gasteiger partial charge is 0.319 e. The summed E-state index contributed by atoms with van der Waals surface area (Å²) < 4.78 is 11.4. The Balaban J connectivity index is 1.52. The third kappa shape index (κ3) is 4.86. The SMILES string of the molecule is O=C(Nc1ccccc1OCC1CCCO1)NC1CCCCC1. The number of rotatable bonds is 5. The number of urea groups is 1. The zero-order chi connectivity index (χ0) is 15.9. The highest BCUT2D eigenvalue weighted by Gasteiger charge is 2.18. The molecule has 1 aliphatic heterocycles. The Morgan fingerprint density at radius 2 is 1.96 bits per heavy atom. The first-order chi connectivity index (χ1) is 11.3. The van der Waals surface area contributed by atoms with E-state index in [4.69, 9.17) is 9.47 Å². The normalized spacial score (nSPS) is 21.8. The van der Waals surface area contributed by atoms with Crippen LogP contribution in [0.25, 0.3) is 0 Å². The molecule has 2 aliphatic rings. The molecule has 0 aromatic heterocycles. The fourth-order valence-corrected chi connectivity index (χ4v) is 3.25. The number of benzene rings is 1. The van der Waals surface area contributed by atoms with Crippen molar-refractivity contribution in [1.82, 2.24) is 5.32 Å². The number of carbonyl (C=O) groups excluding carboxylic acids is 1. The van der Waals surface area contributed by atoms with Crippen LogP contribution in [0.15, 0.2) is 24.3 Å². The molecule has 3 rings (SSSR count). The van der Waals surface area contributed by atoms with E-state index in [-0.39, 0.29) is 12.1 Å². The Kier molecular flexibility index (Phi) is 5.75. The molecule has 0 bridgehead atoms. The van der Waals surface area contributed by atoms with Gasteiger partial charge in [-0.25, -0.2) is 4.79 Å². The zero-order valence-corrected chi connectivity index (χ0v) is 13.6. The molecule has 1 unspecified atom stereocenters. The average molecular weight is 318 g/mol. The molecule has 1 saturated heterocycles. The van der Waals surface area contributed by atoms with Crippen LogP contribution in [-0.2, 0) is 4.74 Å². The molecule has 1 aromatic rings. The topological polar surface area (TPSA) is 59.6 Å². The number of carbonyl (C=O) groups is 1. The highest BCUT2D eigenvalue weighted by atomic mass is 16.5. The lowest BCUT2D eigenvalue weighted by Gasteiger charge is -2.23. The first-order valence-corrected chi connectivity index (χ1v) is 8.72. The summed E-state index contributed by atoms with van der Waals surface area (Å²) in [5.41, 5.74) is 0.707. The second kappa shape index (κ2) is 8.20. The average Bonchev–Trinajstić information content (AvgIpc) is 3.08. The monoisotopic (exact) mass is 318 g/mol. The number of hydrogen-bond donors (Lipinski definition) is 2. The van der Waals surface area contributed by atoms with E-state index in [9.17, 15) is 4.79 Å². The maximum absolute atomic E-state index is 12.2. The van der Waals surface area contributed by atoms with Crippen molar-refractivity contribution in [3.63, 3.8) is 0 Å². The Labute approximate surface area is 137 Å². The summed E-state index contributed by atoms with van der Waals surface area (Å²) in [5, 5.41) is 5.98. The summed E-state index contributed by atoms with van der Waals surface area (Å²) >= 11 is 0. The van der Waals surface area contributed by atoms with Gasteiger partial charge < -0.3 is 20.1 Å². The van der Waals surface area contributed by atoms with Crippen LogP contribution in [0.4, 0.5) is 10.5 Å². The van der Waals surface area contributed by atoms with Gasteiger partial charge in [-0.1, -0.05) is 31.4 Å². The lowest BCUT2D eigenvalue weighted by molar-refractivity contribution is 0.0682. The van der Waals surface area contributed by atoms with E-state index >= 15 is 0 Å². The maximum atomic E-state index is 12.2. The van der Waals surface area contributed by atoms with Crippen LogP contribution < -0.4 is 15.4 Å².